The van der Waals surface area contributed by atoms with E-state index in [0.29, 0.717) is 6.17 Å². The Balaban J connectivity index is 2.96. The van der Waals surface area contributed by atoms with Gasteiger partial charge < -0.3 is 5.32 Å². The van der Waals surface area contributed by atoms with Crippen molar-refractivity contribution in [2.24, 2.45) is 0 Å². The predicted octanol–water partition coefficient (Wildman–Crippen LogP) is 5.87. The van der Waals surface area contributed by atoms with Crippen LogP contribution in [0.15, 0.2) is 0 Å². The van der Waals surface area contributed by atoms with Crippen molar-refractivity contribution < 1.29 is 4.58 Å². The van der Waals surface area contributed by atoms with Crippen molar-refractivity contribution in [3.05, 3.63) is 0 Å². The average Bonchev–Trinajstić information content (AvgIpc) is 2.98. The number of rotatable bonds is 15. The molecular formula is C24H59N4Si4+. The van der Waals surface area contributed by atoms with Crippen LogP contribution in [0.3, 0.4) is 0 Å². The average molecular weight is 516 g/mol. The lowest BCUT2D eigenvalue weighted by atomic mass is 10.4. The summed E-state index contributed by atoms with van der Waals surface area (Å²) in [4.78, 5) is 5.55. The minimum atomic E-state index is -1.07. The number of hydrogen-bond acceptors (Lipinski definition) is 3. The topological polar surface area (TPSA) is 21.5 Å². The Kier molecular flexibility index (Phi) is 11.8. The first-order chi connectivity index (χ1) is 14.3. The summed E-state index contributed by atoms with van der Waals surface area (Å²) in [7, 11) is -4.13. The molecule has 8 heteroatoms. The molecule has 0 saturated heterocycles. The van der Waals surface area contributed by atoms with Gasteiger partial charge in [0.1, 0.15) is 12.7 Å². The van der Waals surface area contributed by atoms with Gasteiger partial charge >= 0.3 is 0 Å². The fraction of sp³-hybridized carbons (Fsp3) is 0.958. The van der Waals surface area contributed by atoms with E-state index < -0.39 is 32.3 Å². The van der Waals surface area contributed by atoms with E-state index in [1.165, 1.54) is 50.4 Å². The highest BCUT2D eigenvalue weighted by Crippen LogP contribution is 2.19. The van der Waals surface area contributed by atoms with Crippen molar-refractivity contribution in [2.75, 3.05) is 39.5 Å². The predicted molar refractivity (Wildman–Crippen MR) is 159 cm³/mol. The first-order valence-corrected chi connectivity index (χ1v) is 28.0. The summed E-state index contributed by atoms with van der Waals surface area (Å²) in [6.07, 6.45) is 3.05. The van der Waals surface area contributed by atoms with Crippen molar-refractivity contribution in [1.29, 1.82) is 0 Å². The highest BCUT2D eigenvalue weighted by atomic mass is 28.3. The summed E-state index contributed by atoms with van der Waals surface area (Å²) in [6.45, 7) is 37.1. The van der Waals surface area contributed by atoms with Crippen molar-refractivity contribution in [3.63, 3.8) is 0 Å². The molecule has 0 saturated carbocycles. The summed E-state index contributed by atoms with van der Waals surface area (Å²) in [6, 6.07) is 5.53. The summed E-state index contributed by atoms with van der Waals surface area (Å²) in [5.41, 5.74) is 0. The van der Waals surface area contributed by atoms with Gasteiger partial charge in [0, 0.05) is 43.5 Å². The molecule has 1 aliphatic rings. The summed E-state index contributed by atoms with van der Waals surface area (Å²) < 4.78 is 2.65. The molecule has 0 aliphatic carbocycles. The van der Waals surface area contributed by atoms with Crippen LogP contribution in [0, 0.1) is 0 Å². The number of nitrogens with zero attached hydrogens (tertiary/aromatic N) is 3. The van der Waals surface area contributed by atoms with Gasteiger partial charge in [-0.25, -0.2) is 9.48 Å². The maximum absolute atomic E-state index is 3.85. The van der Waals surface area contributed by atoms with Gasteiger partial charge in [-0.1, -0.05) is 78.6 Å². The quantitative estimate of drug-likeness (QED) is 0.127. The van der Waals surface area contributed by atoms with E-state index >= 15 is 0 Å². The van der Waals surface area contributed by atoms with Gasteiger partial charge in [-0.05, 0) is 31.2 Å². The van der Waals surface area contributed by atoms with Crippen molar-refractivity contribution in [1.82, 2.24) is 15.1 Å². The molecule has 0 aromatic rings. The molecule has 0 radical (unpaired) electrons. The number of hydrogen-bond donors (Lipinski definition) is 1. The molecule has 0 aromatic carbocycles. The smallest absolute Gasteiger partial charge is 0.200 e. The second kappa shape index (κ2) is 12.4. The minimum absolute atomic E-state index is 0.462. The summed E-state index contributed by atoms with van der Waals surface area (Å²) >= 11 is 0. The zero-order valence-corrected chi connectivity index (χ0v) is 28.1. The molecule has 0 amide bonds. The van der Waals surface area contributed by atoms with Crippen LogP contribution < -0.4 is 5.32 Å². The van der Waals surface area contributed by atoms with Crippen LogP contribution in [0.4, 0.5) is 0 Å². The van der Waals surface area contributed by atoms with Gasteiger partial charge in [0.15, 0.2) is 6.21 Å². The molecule has 0 fully saturated rings. The molecular weight excluding hydrogens is 457 g/mol. The Labute approximate surface area is 206 Å². The molecule has 0 bridgehead atoms. The van der Waals surface area contributed by atoms with Crippen LogP contribution in [-0.4, -0.2) is 98.6 Å². The van der Waals surface area contributed by atoms with E-state index in [4.69, 9.17) is 0 Å². The van der Waals surface area contributed by atoms with Crippen molar-refractivity contribution in [3.8, 4) is 0 Å². The van der Waals surface area contributed by atoms with Crippen LogP contribution in [-0.2, 0) is 0 Å². The van der Waals surface area contributed by atoms with E-state index in [0.717, 1.165) is 13.3 Å². The molecule has 1 atom stereocenters. The molecule has 1 rings (SSSR count). The minimum Gasteiger partial charge on any atom is -0.305 e. The van der Waals surface area contributed by atoms with Crippen LogP contribution in [0.2, 0.25) is 103 Å². The normalized spacial score (nSPS) is 19.2. The maximum Gasteiger partial charge on any atom is 0.200 e. The van der Waals surface area contributed by atoms with Gasteiger partial charge in [0.05, 0.1) is 8.07 Å². The summed E-state index contributed by atoms with van der Waals surface area (Å²) in [5, 5.41) is 3.85. The van der Waals surface area contributed by atoms with Crippen LogP contribution in [0.5, 0.6) is 0 Å². The third kappa shape index (κ3) is 14.6. The van der Waals surface area contributed by atoms with E-state index in [1.54, 1.807) is 0 Å². The first kappa shape index (κ1) is 30.4. The van der Waals surface area contributed by atoms with Gasteiger partial charge in [-0.15, -0.1) is 0 Å². The fourth-order valence-corrected chi connectivity index (χ4v) is 7.55. The first-order valence-electron chi connectivity index (χ1n) is 13.1. The molecule has 1 aliphatic heterocycles. The Hall–Kier alpha value is 0.418. The van der Waals surface area contributed by atoms with Gasteiger partial charge in [0.25, 0.3) is 0 Å². The second-order valence-corrected chi connectivity index (χ2v) is 37.5. The highest BCUT2D eigenvalue weighted by Gasteiger charge is 2.36. The molecule has 1 N–H and O–H groups in total. The van der Waals surface area contributed by atoms with Crippen LogP contribution >= 0.6 is 0 Å². The third-order valence-electron chi connectivity index (χ3n) is 6.27. The maximum atomic E-state index is 3.85. The fourth-order valence-electron chi connectivity index (χ4n) is 3.75. The lowest BCUT2D eigenvalue weighted by molar-refractivity contribution is -0.528. The molecule has 1 unspecified atom stereocenters. The summed E-state index contributed by atoms with van der Waals surface area (Å²) in [5.74, 6) is 0. The van der Waals surface area contributed by atoms with Gasteiger partial charge in [-0.3, -0.25) is 4.90 Å². The van der Waals surface area contributed by atoms with E-state index in [-0.39, 0.29) is 0 Å². The molecule has 0 spiro atoms. The standard InChI is InChI=1S/C24H59N4Si4/c1-29(2,3)17-13-25-22-27(15-19-31(7,8)9)24-21-26(14-18-30(4,5)6)23-28(24)16-20-32(10,11)12/h21,24-25H,13-20,22-23H2,1-12H3/q+1. The Morgan fingerprint density at radius 1 is 0.781 bits per heavy atom. The zero-order chi connectivity index (χ0) is 24.8. The van der Waals surface area contributed by atoms with Crippen LogP contribution in [0.25, 0.3) is 0 Å². The van der Waals surface area contributed by atoms with Crippen molar-refractivity contribution in [2.45, 2.75) is 109 Å². The molecule has 4 nitrogen and oxygen atoms in total. The Morgan fingerprint density at radius 3 is 1.81 bits per heavy atom. The van der Waals surface area contributed by atoms with Gasteiger partial charge in [-0.2, -0.15) is 0 Å². The Morgan fingerprint density at radius 2 is 1.31 bits per heavy atom. The molecule has 1 heterocycles. The second-order valence-electron chi connectivity index (χ2n) is 15.0. The molecule has 32 heavy (non-hydrogen) atoms. The molecule has 0 aromatic heterocycles. The lowest BCUT2D eigenvalue weighted by Gasteiger charge is -2.34. The van der Waals surface area contributed by atoms with Gasteiger partial charge in [0.2, 0.25) is 6.67 Å². The van der Waals surface area contributed by atoms with E-state index in [9.17, 15) is 0 Å². The SMILES string of the molecule is C[Si](C)(C)CCNCN(CC[Si](C)(C)C)C1C=[N+](CC[Si](C)(C)C)CN1CC[Si](C)(C)C. The van der Waals surface area contributed by atoms with E-state index in [1.807, 2.05) is 0 Å². The lowest BCUT2D eigenvalue weighted by Crippen LogP contribution is -2.52. The van der Waals surface area contributed by atoms with E-state index in [2.05, 4.69) is 104 Å². The monoisotopic (exact) mass is 515 g/mol. The van der Waals surface area contributed by atoms with Crippen LogP contribution in [0.1, 0.15) is 0 Å². The molecule has 190 valence electrons. The third-order valence-corrected chi connectivity index (χ3v) is 13.2. The zero-order valence-electron chi connectivity index (χ0n) is 24.1. The van der Waals surface area contributed by atoms with Crippen molar-refractivity contribution >= 4 is 38.5 Å². The largest absolute Gasteiger partial charge is 0.305 e. The number of nitrogens with one attached hydrogen (secondary N) is 1. The highest BCUT2D eigenvalue weighted by molar-refractivity contribution is 6.77. The Bertz CT molecular complexity index is 583.